The van der Waals surface area contributed by atoms with E-state index in [1.165, 1.54) is 0 Å². The number of carboxylic acid groups (broad SMARTS) is 1. The van der Waals surface area contributed by atoms with E-state index in [9.17, 15) is 9.59 Å². The van der Waals surface area contributed by atoms with Crippen LogP contribution in [0.1, 0.15) is 35.7 Å². The number of carboxylic acids is 1. The van der Waals surface area contributed by atoms with Gasteiger partial charge in [0.2, 0.25) is 0 Å². The second-order valence-electron chi connectivity index (χ2n) is 3.64. The zero-order valence-electron chi connectivity index (χ0n) is 9.81. The molecular weight excluding hydrogens is 220 g/mol. The first-order chi connectivity index (χ1) is 8.15. The van der Waals surface area contributed by atoms with Crippen molar-refractivity contribution in [1.82, 2.24) is 0 Å². The molecule has 0 saturated carbocycles. The van der Waals surface area contributed by atoms with Crippen molar-refractivity contribution in [2.75, 3.05) is 6.61 Å². The summed E-state index contributed by atoms with van der Waals surface area (Å²) in [6.45, 7) is 2.11. The fourth-order valence-electron chi connectivity index (χ4n) is 1.49. The van der Waals surface area contributed by atoms with Crippen LogP contribution in [-0.4, -0.2) is 23.7 Å². The van der Waals surface area contributed by atoms with Crippen molar-refractivity contribution in [2.24, 2.45) is 0 Å². The molecule has 1 N–H and O–H groups in total. The Kier molecular flexibility index (Phi) is 5.20. The molecule has 0 heterocycles. The summed E-state index contributed by atoms with van der Waals surface area (Å²) in [5.74, 6) is -1.26. The molecule has 4 heteroatoms. The number of rotatable bonds is 6. The minimum absolute atomic E-state index is 0.0166. The van der Waals surface area contributed by atoms with Crippen molar-refractivity contribution in [2.45, 2.75) is 26.2 Å². The summed E-state index contributed by atoms with van der Waals surface area (Å²) < 4.78 is 5.02. The first-order valence-corrected chi connectivity index (χ1v) is 5.62. The maximum atomic E-state index is 11.7. The fourth-order valence-corrected chi connectivity index (χ4v) is 1.49. The van der Waals surface area contributed by atoms with E-state index in [0.717, 1.165) is 12.0 Å². The van der Waals surface area contributed by atoms with Crippen LogP contribution >= 0.6 is 0 Å². The number of ether oxygens (including phenoxy) is 1. The van der Waals surface area contributed by atoms with Crippen molar-refractivity contribution >= 4 is 11.9 Å². The molecule has 0 radical (unpaired) electrons. The second kappa shape index (κ2) is 6.68. The highest BCUT2D eigenvalue weighted by Crippen LogP contribution is 2.11. The van der Waals surface area contributed by atoms with Gasteiger partial charge in [0, 0.05) is 6.42 Å². The number of aryl methyl sites for hydroxylation is 1. The maximum Gasteiger partial charge on any atom is 0.338 e. The first kappa shape index (κ1) is 13.2. The number of carbonyl (C=O) groups is 2. The lowest BCUT2D eigenvalue weighted by atomic mass is 10.1. The summed E-state index contributed by atoms with van der Waals surface area (Å²) in [5, 5.41) is 8.44. The molecule has 1 rings (SSSR count). The van der Waals surface area contributed by atoms with Gasteiger partial charge in [0.05, 0.1) is 12.2 Å². The van der Waals surface area contributed by atoms with E-state index in [1.54, 1.807) is 12.1 Å². The van der Waals surface area contributed by atoms with Gasteiger partial charge in [0.15, 0.2) is 0 Å². The normalized spacial score (nSPS) is 9.94. The van der Waals surface area contributed by atoms with Gasteiger partial charge in [-0.3, -0.25) is 4.79 Å². The molecule has 17 heavy (non-hydrogen) atoms. The standard InChI is InChI=1S/C13H16O4/c1-2-10-6-3-4-7-11(10)13(16)17-9-5-8-12(14)15/h3-4,6-7H,2,5,8-9H2,1H3,(H,14,15). The quantitative estimate of drug-likeness (QED) is 0.608. The smallest absolute Gasteiger partial charge is 0.338 e. The van der Waals surface area contributed by atoms with Crippen molar-refractivity contribution in [3.63, 3.8) is 0 Å². The van der Waals surface area contributed by atoms with Gasteiger partial charge in [0.25, 0.3) is 0 Å². The van der Waals surface area contributed by atoms with Crippen LogP contribution in [0.3, 0.4) is 0 Å². The Morgan fingerprint density at radius 1 is 1.29 bits per heavy atom. The predicted octanol–water partition coefficient (Wildman–Crippen LogP) is 2.27. The number of esters is 1. The molecule has 0 saturated heterocycles. The van der Waals surface area contributed by atoms with Crippen LogP contribution in [0, 0.1) is 0 Å². The molecule has 92 valence electrons. The Balaban J connectivity index is 2.49. The van der Waals surface area contributed by atoms with Crippen molar-refractivity contribution in [1.29, 1.82) is 0 Å². The van der Waals surface area contributed by atoms with Crippen LogP contribution in [0.25, 0.3) is 0 Å². The molecule has 1 aromatic rings. The lowest BCUT2D eigenvalue weighted by Gasteiger charge is -2.07. The van der Waals surface area contributed by atoms with Crippen molar-refractivity contribution in [3.8, 4) is 0 Å². The average molecular weight is 236 g/mol. The topological polar surface area (TPSA) is 63.6 Å². The highest BCUT2D eigenvalue weighted by Gasteiger charge is 2.10. The minimum atomic E-state index is -0.880. The largest absolute Gasteiger partial charge is 0.481 e. The number of aliphatic carboxylic acids is 1. The first-order valence-electron chi connectivity index (χ1n) is 5.62. The van der Waals surface area contributed by atoms with E-state index < -0.39 is 5.97 Å². The molecule has 4 nitrogen and oxygen atoms in total. The van der Waals surface area contributed by atoms with Crippen LogP contribution in [0.5, 0.6) is 0 Å². The predicted molar refractivity (Wildman–Crippen MR) is 63.0 cm³/mol. The monoisotopic (exact) mass is 236 g/mol. The summed E-state index contributed by atoms with van der Waals surface area (Å²) in [6.07, 6.45) is 1.12. The SMILES string of the molecule is CCc1ccccc1C(=O)OCCCC(=O)O. The summed E-state index contributed by atoms with van der Waals surface area (Å²) in [6, 6.07) is 7.26. The van der Waals surface area contributed by atoms with Crippen LogP contribution in [0.4, 0.5) is 0 Å². The van der Waals surface area contributed by atoms with E-state index in [-0.39, 0.29) is 19.0 Å². The third kappa shape index (κ3) is 4.26. The lowest BCUT2D eigenvalue weighted by Crippen LogP contribution is -2.10. The molecule has 1 aromatic carbocycles. The van der Waals surface area contributed by atoms with Gasteiger partial charge in [-0.05, 0) is 24.5 Å². The Morgan fingerprint density at radius 3 is 2.65 bits per heavy atom. The van der Waals surface area contributed by atoms with Gasteiger partial charge >= 0.3 is 11.9 Å². The van der Waals surface area contributed by atoms with E-state index in [4.69, 9.17) is 9.84 Å². The molecular formula is C13H16O4. The molecule has 0 amide bonds. The van der Waals surface area contributed by atoms with Crippen molar-refractivity contribution < 1.29 is 19.4 Å². The highest BCUT2D eigenvalue weighted by molar-refractivity contribution is 5.91. The number of hydrogen-bond donors (Lipinski definition) is 1. The number of carbonyl (C=O) groups excluding carboxylic acids is 1. The second-order valence-corrected chi connectivity index (χ2v) is 3.64. The highest BCUT2D eigenvalue weighted by atomic mass is 16.5. The molecule has 0 atom stereocenters. The zero-order chi connectivity index (χ0) is 12.7. The van der Waals surface area contributed by atoms with Gasteiger partial charge in [-0.25, -0.2) is 4.79 Å². The summed E-state index contributed by atoms with van der Waals surface area (Å²) in [4.78, 5) is 22.0. The summed E-state index contributed by atoms with van der Waals surface area (Å²) in [5.41, 5.74) is 1.50. The number of hydrogen-bond acceptors (Lipinski definition) is 3. The molecule has 0 spiro atoms. The average Bonchev–Trinajstić information content (AvgIpc) is 2.34. The fraction of sp³-hybridized carbons (Fsp3) is 0.385. The van der Waals surface area contributed by atoms with Gasteiger partial charge in [0.1, 0.15) is 0 Å². The van der Waals surface area contributed by atoms with Crippen LogP contribution in [-0.2, 0) is 16.0 Å². The molecule has 0 fully saturated rings. The van der Waals surface area contributed by atoms with Crippen LogP contribution in [0.2, 0.25) is 0 Å². The Hall–Kier alpha value is -1.84. The number of benzene rings is 1. The maximum absolute atomic E-state index is 11.7. The molecule has 0 unspecified atom stereocenters. The Morgan fingerprint density at radius 2 is 2.00 bits per heavy atom. The van der Waals surface area contributed by atoms with E-state index in [2.05, 4.69) is 0 Å². The summed E-state index contributed by atoms with van der Waals surface area (Å²) >= 11 is 0. The lowest BCUT2D eigenvalue weighted by molar-refractivity contribution is -0.137. The molecule has 0 aliphatic rings. The van der Waals surface area contributed by atoms with Crippen LogP contribution < -0.4 is 0 Å². The van der Waals surface area contributed by atoms with E-state index in [1.807, 2.05) is 19.1 Å². The van der Waals surface area contributed by atoms with Gasteiger partial charge in [-0.1, -0.05) is 25.1 Å². The van der Waals surface area contributed by atoms with E-state index in [0.29, 0.717) is 12.0 Å². The molecule has 0 bridgehead atoms. The van der Waals surface area contributed by atoms with Crippen molar-refractivity contribution in [3.05, 3.63) is 35.4 Å². The van der Waals surface area contributed by atoms with E-state index >= 15 is 0 Å². The van der Waals surface area contributed by atoms with Gasteiger partial charge in [-0.2, -0.15) is 0 Å². The van der Waals surface area contributed by atoms with Gasteiger partial charge < -0.3 is 9.84 Å². The van der Waals surface area contributed by atoms with Gasteiger partial charge in [-0.15, -0.1) is 0 Å². The zero-order valence-corrected chi connectivity index (χ0v) is 9.81. The molecule has 0 aliphatic carbocycles. The summed E-state index contributed by atoms with van der Waals surface area (Å²) in [7, 11) is 0. The Labute approximate surface area is 100 Å². The minimum Gasteiger partial charge on any atom is -0.481 e. The third-order valence-corrected chi connectivity index (χ3v) is 2.39. The Bertz CT molecular complexity index is 398. The molecule has 0 aliphatic heterocycles. The third-order valence-electron chi connectivity index (χ3n) is 2.39. The van der Waals surface area contributed by atoms with Crippen LogP contribution in [0.15, 0.2) is 24.3 Å². The molecule has 0 aromatic heterocycles.